The number of aliphatic hydroxyl groups is 1. The Morgan fingerprint density at radius 3 is 2.57 bits per heavy atom. The Morgan fingerprint density at radius 2 is 1.86 bits per heavy atom. The number of rotatable bonds is 8. The van der Waals surface area contributed by atoms with Crippen LogP contribution in [0.15, 0.2) is 24.3 Å². The number of amides is 2. The van der Waals surface area contributed by atoms with Gasteiger partial charge in [0.2, 0.25) is 11.8 Å². The number of carbonyl (C=O) groups is 3. The van der Waals surface area contributed by atoms with E-state index in [1.165, 1.54) is 0 Å². The predicted octanol–water partition coefficient (Wildman–Crippen LogP) is 3.24. The first-order chi connectivity index (χ1) is 17.8. The summed E-state index contributed by atoms with van der Waals surface area (Å²) in [5.41, 5.74) is -2.41. The molecule has 0 saturated carbocycles. The van der Waals surface area contributed by atoms with Crippen LogP contribution >= 0.6 is 0 Å². The molecule has 206 valence electrons. The first-order valence-corrected chi connectivity index (χ1v) is 14.2. The monoisotopic (exact) mass is 516 g/mol. The Bertz CT molecular complexity index is 933. The highest BCUT2D eigenvalue weighted by atomic mass is 16.6. The van der Waals surface area contributed by atoms with Crippen molar-refractivity contribution < 1.29 is 29.0 Å². The molecule has 2 saturated heterocycles. The van der Waals surface area contributed by atoms with Gasteiger partial charge in [-0.2, -0.15) is 0 Å². The average molecular weight is 517 g/mol. The van der Waals surface area contributed by atoms with Gasteiger partial charge in [-0.15, -0.1) is 0 Å². The molecule has 4 rings (SSSR count). The molecule has 4 heterocycles. The van der Waals surface area contributed by atoms with Crippen molar-refractivity contribution in [3.05, 3.63) is 24.3 Å². The van der Waals surface area contributed by atoms with E-state index in [4.69, 9.17) is 9.47 Å². The van der Waals surface area contributed by atoms with Crippen molar-refractivity contribution in [3.8, 4) is 0 Å². The molecule has 0 aromatic heterocycles. The van der Waals surface area contributed by atoms with Crippen LogP contribution in [0.2, 0.25) is 0 Å². The number of allylic oxidation sites excluding steroid dienone is 1. The number of fused-ring (bicyclic) bond motifs is 2. The second kappa shape index (κ2) is 11.3. The summed E-state index contributed by atoms with van der Waals surface area (Å²) < 4.78 is 12.5. The van der Waals surface area contributed by atoms with E-state index in [2.05, 4.69) is 6.92 Å². The topological polar surface area (TPSA) is 96.4 Å². The SMILES string of the molecule is CCCCCN1CC=C[C@]23O[C@@]4(C)/C=C\CCCCOC(=O)[C@H]4[C@H]2C(=O)N([C@@H](CO)[C@@H](C)CC)C3C1=O. The molecule has 8 nitrogen and oxygen atoms in total. The molecule has 1 unspecified atom stereocenters. The van der Waals surface area contributed by atoms with Crippen LogP contribution < -0.4 is 0 Å². The Hall–Kier alpha value is -2.19. The Kier molecular flexibility index (Phi) is 8.48. The van der Waals surface area contributed by atoms with E-state index in [1.807, 2.05) is 45.1 Å². The van der Waals surface area contributed by atoms with Gasteiger partial charge in [0.15, 0.2) is 0 Å². The van der Waals surface area contributed by atoms with E-state index in [-0.39, 0.29) is 24.3 Å². The quantitative estimate of drug-likeness (QED) is 0.302. The fraction of sp³-hybridized carbons (Fsp3) is 0.759. The van der Waals surface area contributed by atoms with Crippen molar-refractivity contribution >= 4 is 17.8 Å². The normalized spacial score (nSPS) is 36.4. The Morgan fingerprint density at radius 1 is 1.08 bits per heavy atom. The molecule has 7 atom stereocenters. The van der Waals surface area contributed by atoms with Crippen LogP contribution in [0, 0.1) is 17.8 Å². The van der Waals surface area contributed by atoms with Crippen LogP contribution in [0.25, 0.3) is 0 Å². The number of carbonyl (C=O) groups excluding carboxylic acids is 3. The maximum absolute atomic E-state index is 14.4. The zero-order chi connectivity index (χ0) is 26.8. The van der Waals surface area contributed by atoms with Gasteiger partial charge in [0.05, 0.1) is 30.8 Å². The van der Waals surface area contributed by atoms with E-state index >= 15 is 0 Å². The van der Waals surface area contributed by atoms with Crippen molar-refractivity contribution in [3.63, 3.8) is 0 Å². The van der Waals surface area contributed by atoms with Gasteiger partial charge in [0.25, 0.3) is 0 Å². The van der Waals surface area contributed by atoms with Crippen molar-refractivity contribution in [2.45, 2.75) is 95.9 Å². The molecule has 0 aliphatic carbocycles. The van der Waals surface area contributed by atoms with Crippen LogP contribution in [0.1, 0.15) is 72.6 Å². The molecule has 8 heteroatoms. The van der Waals surface area contributed by atoms with E-state index < -0.39 is 41.1 Å². The second-order valence-electron chi connectivity index (χ2n) is 11.3. The lowest BCUT2D eigenvalue weighted by Crippen LogP contribution is -2.59. The van der Waals surface area contributed by atoms with Gasteiger partial charge in [-0.3, -0.25) is 14.4 Å². The summed E-state index contributed by atoms with van der Waals surface area (Å²) in [6.07, 6.45) is 13.8. The summed E-state index contributed by atoms with van der Waals surface area (Å²) in [5, 5.41) is 10.5. The van der Waals surface area contributed by atoms with Gasteiger partial charge in [-0.25, -0.2) is 0 Å². The molecule has 1 spiro atoms. The van der Waals surface area contributed by atoms with E-state index in [1.54, 1.807) is 9.80 Å². The Labute approximate surface area is 221 Å². The maximum atomic E-state index is 14.4. The third-order valence-electron chi connectivity index (χ3n) is 8.90. The smallest absolute Gasteiger partial charge is 0.313 e. The fourth-order valence-electron chi connectivity index (χ4n) is 6.71. The minimum absolute atomic E-state index is 0.0410. The van der Waals surface area contributed by atoms with Crippen molar-refractivity contribution in [2.75, 3.05) is 26.3 Å². The zero-order valence-electron chi connectivity index (χ0n) is 22.9. The Balaban J connectivity index is 1.85. The van der Waals surface area contributed by atoms with Crippen molar-refractivity contribution in [2.24, 2.45) is 17.8 Å². The van der Waals surface area contributed by atoms with Crippen molar-refractivity contribution in [1.82, 2.24) is 9.80 Å². The molecule has 0 aromatic carbocycles. The molecule has 2 amide bonds. The van der Waals surface area contributed by atoms with Crippen LogP contribution in [0.3, 0.4) is 0 Å². The van der Waals surface area contributed by atoms with Crippen LogP contribution in [-0.4, -0.2) is 82.3 Å². The van der Waals surface area contributed by atoms with Gasteiger partial charge in [0.1, 0.15) is 17.6 Å². The van der Waals surface area contributed by atoms with Gasteiger partial charge in [-0.1, -0.05) is 64.3 Å². The number of aliphatic hydroxyl groups excluding tert-OH is 1. The highest BCUT2D eigenvalue weighted by molar-refractivity contribution is 5.99. The summed E-state index contributed by atoms with van der Waals surface area (Å²) in [7, 11) is 0. The van der Waals surface area contributed by atoms with E-state index in [9.17, 15) is 19.5 Å². The zero-order valence-corrected chi connectivity index (χ0v) is 22.9. The number of esters is 1. The molecule has 0 bridgehead atoms. The van der Waals surface area contributed by atoms with Crippen LogP contribution in [0.5, 0.6) is 0 Å². The lowest BCUT2D eigenvalue weighted by molar-refractivity contribution is -0.162. The number of hydrogen-bond donors (Lipinski definition) is 1. The first-order valence-electron chi connectivity index (χ1n) is 14.2. The molecule has 2 fully saturated rings. The number of nitrogens with zero attached hydrogens (tertiary/aromatic N) is 2. The average Bonchev–Trinajstić information content (AvgIpc) is 3.21. The fourth-order valence-corrected chi connectivity index (χ4v) is 6.71. The number of likely N-dealkylation sites (tertiary alicyclic amines) is 1. The molecule has 4 aliphatic rings. The van der Waals surface area contributed by atoms with Gasteiger partial charge in [-0.05, 0) is 38.5 Å². The third-order valence-corrected chi connectivity index (χ3v) is 8.90. The van der Waals surface area contributed by atoms with Gasteiger partial charge in [0, 0.05) is 13.1 Å². The largest absolute Gasteiger partial charge is 0.465 e. The number of unbranched alkanes of at least 4 members (excludes halogenated alkanes) is 2. The minimum Gasteiger partial charge on any atom is -0.465 e. The highest BCUT2D eigenvalue weighted by Gasteiger charge is 2.75. The summed E-state index contributed by atoms with van der Waals surface area (Å²) in [6, 6.07) is -1.51. The number of ether oxygens (including phenoxy) is 2. The lowest BCUT2D eigenvalue weighted by Gasteiger charge is -2.41. The van der Waals surface area contributed by atoms with Gasteiger partial charge < -0.3 is 24.4 Å². The maximum Gasteiger partial charge on any atom is 0.313 e. The van der Waals surface area contributed by atoms with Crippen molar-refractivity contribution in [1.29, 1.82) is 0 Å². The molecule has 0 radical (unpaired) electrons. The number of cyclic esters (lactones) is 1. The first kappa shape index (κ1) is 27.8. The summed E-state index contributed by atoms with van der Waals surface area (Å²) in [4.78, 5) is 45.6. The second-order valence-corrected chi connectivity index (χ2v) is 11.3. The summed E-state index contributed by atoms with van der Waals surface area (Å²) in [5.74, 6) is -2.79. The molecule has 37 heavy (non-hydrogen) atoms. The minimum atomic E-state index is -1.31. The number of hydrogen-bond acceptors (Lipinski definition) is 6. The van der Waals surface area contributed by atoms with Crippen LogP contribution in [-0.2, 0) is 23.9 Å². The summed E-state index contributed by atoms with van der Waals surface area (Å²) in [6.45, 7) is 8.99. The summed E-state index contributed by atoms with van der Waals surface area (Å²) >= 11 is 0. The molecule has 4 aliphatic heterocycles. The lowest BCUT2D eigenvalue weighted by atomic mass is 9.74. The highest BCUT2D eigenvalue weighted by Crippen LogP contribution is 2.57. The molecular weight excluding hydrogens is 472 g/mol. The molecule has 0 aromatic rings. The van der Waals surface area contributed by atoms with Gasteiger partial charge >= 0.3 is 5.97 Å². The standard InChI is InChI=1S/C29H44N2O6/c1-5-7-11-16-30-17-13-15-29-22(23-27(35)36-18-12-9-8-10-14-28(23,4)37-29)25(33)31(24(29)26(30)34)21(19-32)20(3)6-2/h10,13-15,20-24,32H,5-9,11-12,16-19H2,1-4H3/b14-10-/t20-,21-,22-,23+,24?,28-,29-/m0/s1. The molecule has 1 N–H and O–H groups in total. The van der Waals surface area contributed by atoms with Crippen LogP contribution in [0.4, 0.5) is 0 Å². The predicted molar refractivity (Wildman–Crippen MR) is 139 cm³/mol. The third kappa shape index (κ3) is 4.76. The molecular formula is C29H44N2O6. The van der Waals surface area contributed by atoms with E-state index in [0.29, 0.717) is 19.7 Å². The van der Waals surface area contributed by atoms with E-state index in [0.717, 1.165) is 44.9 Å².